The number of nitrogens with zero attached hydrogens (tertiary/aromatic N) is 4. The molecule has 0 N–H and O–H groups in total. The van der Waals surface area contributed by atoms with E-state index in [1.807, 2.05) is 0 Å². The van der Waals surface area contributed by atoms with Gasteiger partial charge in [0.25, 0.3) is 0 Å². The van der Waals surface area contributed by atoms with E-state index >= 15 is 0 Å². The second kappa shape index (κ2) is 4.96. The molecule has 2 aromatic rings. The average molecular weight is 281 g/mol. The molecule has 2 heterocycles. The Labute approximate surface area is 117 Å². The lowest BCUT2D eigenvalue weighted by molar-refractivity contribution is 0.401. The van der Waals surface area contributed by atoms with Crippen LogP contribution in [-0.4, -0.2) is 26.6 Å². The van der Waals surface area contributed by atoms with Crippen LogP contribution in [0, 0.1) is 5.92 Å². The number of methoxy groups -OCH3 is 1. The Morgan fingerprint density at radius 3 is 2.89 bits per heavy atom. The van der Waals surface area contributed by atoms with Crippen molar-refractivity contribution in [1.82, 2.24) is 19.5 Å². The van der Waals surface area contributed by atoms with Crippen molar-refractivity contribution in [2.75, 3.05) is 7.11 Å². The highest BCUT2D eigenvalue weighted by Gasteiger charge is 2.27. The molecule has 0 aromatic carbocycles. The standard InChI is InChI=1S/C13H17ClN4O/c1-8(5-9-3-4-9)18-10(6-14)17-11-12(18)15-7-16-13(11)19-2/h7-9H,3-6H2,1-2H3. The normalized spacial score (nSPS) is 16.8. The third-order valence-electron chi connectivity index (χ3n) is 3.64. The summed E-state index contributed by atoms with van der Waals surface area (Å²) in [5, 5.41) is 0. The zero-order valence-electron chi connectivity index (χ0n) is 11.1. The summed E-state index contributed by atoms with van der Waals surface area (Å²) in [4.78, 5) is 13.0. The fraction of sp³-hybridized carbons (Fsp3) is 0.615. The monoisotopic (exact) mass is 280 g/mol. The first-order valence-corrected chi connectivity index (χ1v) is 7.09. The molecular weight excluding hydrogens is 264 g/mol. The number of ether oxygens (including phenoxy) is 1. The largest absolute Gasteiger partial charge is 0.479 e. The van der Waals surface area contributed by atoms with Crippen LogP contribution in [0.2, 0.25) is 0 Å². The Morgan fingerprint density at radius 1 is 1.47 bits per heavy atom. The van der Waals surface area contributed by atoms with Crippen LogP contribution < -0.4 is 4.74 Å². The second-order valence-electron chi connectivity index (χ2n) is 5.11. The van der Waals surface area contributed by atoms with Crippen LogP contribution in [0.5, 0.6) is 5.88 Å². The predicted octanol–water partition coefficient (Wildman–Crippen LogP) is 2.93. The number of imidazole rings is 1. The van der Waals surface area contributed by atoms with Crippen molar-refractivity contribution < 1.29 is 4.74 Å². The Bertz CT molecular complexity index is 594. The van der Waals surface area contributed by atoms with E-state index in [-0.39, 0.29) is 0 Å². The number of hydrogen-bond acceptors (Lipinski definition) is 4. The SMILES string of the molecule is COc1ncnc2c1nc(CCl)n2C(C)CC1CC1. The summed E-state index contributed by atoms with van der Waals surface area (Å²) in [6, 6.07) is 0.353. The molecule has 5 nitrogen and oxygen atoms in total. The maximum absolute atomic E-state index is 6.02. The summed E-state index contributed by atoms with van der Waals surface area (Å²) in [6.45, 7) is 2.20. The van der Waals surface area contributed by atoms with Crippen LogP contribution >= 0.6 is 11.6 Å². The average Bonchev–Trinajstić information content (AvgIpc) is 3.14. The zero-order valence-corrected chi connectivity index (χ0v) is 11.9. The second-order valence-corrected chi connectivity index (χ2v) is 5.38. The van der Waals surface area contributed by atoms with Gasteiger partial charge >= 0.3 is 0 Å². The van der Waals surface area contributed by atoms with Crippen LogP contribution in [-0.2, 0) is 5.88 Å². The summed E-state index contributed by atoms with van der Waals surface area (Å²) < 4.78 is 7.37. The highest BCUT2D eigenvalue weighted by molar-refractivity contribution is 6.16. The van der Waals surface area contributed by atoms with Crippen molar-refractivity contribution in [3.8, 4) is 5.88 Å². The maximum atomic E-state index is 6.02. The van der Waals surface area contributed by atoms with Crippen molar-refractivity contribution in [3.63, 3.8) is 0 Å². The van der Waals surface area contributed by atoms with E-state index in [0.29, 0.717) is 23.3 Å². The van der Waals surface area contributed by atoms with Gasteiger partial charge in [-0.15, -0.1) is 11.6 Å². The summed E-state index contributed by atoms with van der Waals surface area (Å²) in [5.74, 6) is 2.56. The molecule has 19 heavy (non-hydrogen) atoms. The minimum absolute atomic E-state index is 0.353. The number of fused-ring (bicyclic) bond motifs is 1. The van der Waals surface area contributed by atoms with Gasteiger partial charge in [0.15, 0.2) is 11.2 Å². The molecule has 3 rings (SSSR count). The van der Waals surface area contributed by atoms with E-state index in [0.717, 1.165) is 23.8 Å². The van der Waals surface area contributed by atoms with Crippen LogP contribution in [0.25, 0.3) is 11.2 Å². The van der Waals surface area contributed by atoms with E-state index < -0.39 is 0 Å². The zero-order chi connectivity index (χ0) is 13.4. The van der Waals surface area contributed by atoms with Crippen LogP contribution in [0.15, 0.2) is 6.33 Å². The van der Waals surface area contributed by atoms with Gasteiger partial charge in [0.1, 0.15) is 12.2 Å². The first-order chi connectivity index (χ1) is 9.24. The molecule has 1 saturated carbocycles. The van der Waals surface area contributed by atoms with E-state index in [9.17, 15) is 0 Å². The van der Waals surface area contributed by atoms with Crippen molar-refractivity contribution >= 4 is 22.8 Å². The van der Waals surface area contributed by atoms with E-state index in [1.165, 1.54) is 19.2 Å². The van der Waals surface area contributed by atoms with Gasteiger partial charge in [0, 0.05) is 6.04 Å². The highest BCUT2D eigenvalue weighted by Crippen LogP contribution is 2.38. The molecule has 0 aliphatic heterocycles. The molecule has 1 aliphatic carbocycles. The third-order valence-corrected chi connectivity index (χ3v) is 3.88. The molecule has 6 heteroatoms. The smallest absolute Gasteiger partial charge is 0.245 e. The summed E-state index contributed by atoms with van der Waals surface area (Å²) >= 11 is 6.02. The molecule has 0 amide bonds. The number of rotatable bonds is 5. The van der Waals surface area contributed by atoms with E-state index in [2.05, 4.69) is 26.4 Å². The quantitative estimate of drug-likeness (QED) is 0.790. The molecule has 0 radical (unpaired) electrons. The highest BCUT2D eigenvalue weighted by atomic mass is 35.5. The van der Waals surface area contributed by atoms with Crippen LogP contribution in [0.1, 0.15) is 38.1 Å². The van der Waals surface area contributed by atoms with Gasteiger partial charge in [-0.3, -0.25) is 0 Å². The number of halogens is 1. The first kappa shape index (κ1) is 12.7. The maximum Gasteiger partial charge on any atom is 0.245 e. The van der Waals surface area contributed by atoms with Crippen molar-refractivity contribution in [2.24, 2.45) is 5.92 Å². The molecule has 1 atom stereocenters. The van der Waals surface area contributed by atoms with Gasteiger partial charge in [-0.2, -0.15) is 4.98 Å². The minimum atomic E-state index is 0.353. The fourth-order valence-corrected chi connectivity index (χ4v) is 2.77. The summed E-state index contributed by atoms with van der Waals surface area (Å²) in [6.07, 6.45) is 5.35. The fourth-order valence-electron chi connectivity index (χ4n) is 2.58. The topological polar surface area (TPSA) is 52.8 Å². The van der Waals surface area contributed by atoms with Crippen molar-refractivity contribution in [2.45, 2.75) is 38.1 Å². The van der Waals surface area contributed by atoms with E-state index in [1.54, 1.807) is 7.11 Å². The lowest BCUT2D eigenvalue weighted by atomic mass is 10.1. The van der Waals surface area contributed by atoms with Gasteiger partial charge in [0.05, 0.1) is 13.0 Å². The molecule has 1 aliphatic rings. The van der Waals surface area contributed by atoms with Crippen molar-refractivity contribution in [1.29, 1.82) is 0 Å². The third kappa shape index (κ3) is 2.27. The molecule has 102 valence electrons. The van der Waals surface area contributed by atoms with Crippen molar-refractivity contribution in [3.05, 3.63) is 12.2 Å². The summed E-state index contributed by atoms with van der Waals surface area (Å²) in [5.41, 5.74) is 1.51. The van der Waals surface area contributed by atoms with Gasteiger partial charge in [-0.25, -0.2) is 9.97 Å². The number of alkyl halides is 1. The van der Waals surface area contributed by atoms with Crippen LogP contribution in [0.3, 0.4) is 0 Å². The molecular formula is C13H17ClN4O. The Morgan fingerprint density at radius 2 is 2.26 bits per heavy atom. The lowest BCUT2D eigenvalue weighted by Gasteiger charge is -2.15. The minimum Gasteiger partial charge on any atom is -0.479 e. The Hall–Kier alpha value is -1.36. The number of aromatic nitrogens is 4. The molecule has 2 aromatic heterocycles. The first-order valence-electron chi connectivity index (χ1n) is 6.56. The molecule has 0 bridgehead atoms. The van der Waals surface area contributed by atoms with Crippen LogP contribution in [0.4, 0.5) is 0 Å². The molecule has 1 unspecified atom stereocenters. The van der Waals surface area contributed by atoms with Gasteiger partial charge in [-0.1, -0.05) is 12.8 Å². The molecule has 1 fully saturated rings. The molecule has 0 spiro atoms. The van der Waals surface area contributed by atoms with E-state index in [4.69, 9.17) is 16.3 Å². The molecule has 0 saturated heterocycles. The summed E-state index contributed by atoms with van der Waals surface area (Å²) in [7, 11) is 1.59. The Kier molecular flexibility index (Phi) is 3.31. The lowest BCUT2D eigenvalue weighted by Crippen LogP contribution is -2.10. The van der Waals surface area contributed by atoms with Gasteiger partial charge in [0.2, 0.25) is 5.88 Å². The van der Waals surface area contributed by atoms with Gasteiger partial charge in [-0.05, 0) is 19.3 Å². The van der Waals surface area contributed by atoms with Gasteiger partial charge < -0.3 is 9.30 Å². The number of hydrogen-bond donors (Lipinski definition) is 0. The Balaban J connectivity index is 2.09. The predicted molar refractivity (Wildman–Crippen MR) is 73.5 cm³/mol.